The van der Waals surface area contributed by atoms with E-state index in [0.717, 1.165) is 19.3 Å². The number of carbonyl (C=O) groups excluding carboxylic acids is 1. The summed E-state index contributed by atoms with van der Waals surface area (Å²) in [7, 11) is -3.58. The topological polar surface area (TPSA) is 75.7 Å². The molecule has 3 rings (SSSR count). The number of piperidine rings is 1. The Morgan fingerprint density at radius 1 is 1.07 bits per heavy atom. The minimum atomic E-state index is -3.58. The highest BCUT2D eigenvalue weighted by Gasteiger charge is 2.26. The largest absolute Gasteiger partial charge is 0.481 e. The van der Waals surface area contributed by atoms with Crippen LogP contribution in [0, 0.1) is 5.82 Å². The van der Waals surface area contributed by atoms with Crippen LogP contribution in [-0.4, -0.2) is 38.3 Å². The zero-order valence-corrected chi connectivity index (χ0v) is 15.5. The summed E-state index contributed by atoms with van der Waals surface area (Å²) in [6, 6.07) is 11.9. The third-order valence-corrected chi connectivity index (χ3v) is 6.16. The fraction of sp³-hybridized carbons (Fsp3) is 0.316. The van der Waals surface area contributed by atoms with E-state index in [1.807, 2.05) is 0 Å². The van der Waals surface area contributed by atoms with Crippen molar-refractivity contribution in [2.75, 3.05) is 25.0 Å². The highest BCUT2D eigenvalue weighted by atomic mass is 32.2. The molecule has 1 saturated heterocycles. The summed E-state index contributed by atoms with van der Waals surface area (Å²) in [6.07, 6.45) is 2.73. The predicted octanol–water partition coefficient (Wildman–Crippen LogP) is 3.02. The Morgan fingerprint density at radius 3 is 2.56 bits per heavy atom. The first-order chi connectivity index (χ1) is 13.0. The van der Waals surface area contributed by atoms with E-state index in [1.54, 1.807) is 18.2 Å². The number of hydrogen-bond acceptors (Lipinski definition) is 4. The van der Waals surface area contributed by atoms with Crippen molar-refractivity contribution in [3.05, 3.63) is 54.3 Å². The molecule has 0 bridgehead atoms. The Kier molecular flexibility index (Phi) is 6.08. The number of ether oxygens (including phenoxy) is 1. The standard InChI is InChI=1S/C19H21FN2O4S/c20-17-9-2-3-10-18(17)26-14-19(23)21-15-7-6-8-16(13-15)27(24,25)22-11-4-1-5-12-22/h2-3,6-10,13H,1,4-5,11-12,14H2,(H,21,23). The summed E-state index contributed by atoms with van der Waals surface area (Å²) in [5.41, 5.74) is 0.343. The molecule has 8 heteroatoms. The second-order valence-corrected chi connectivity index (χ2v) is 8.20. The summed E-state index contributed by atoms with van der Waals surface area (Å²) >= 11 is 0. The number of para-hydroxylation sites is 1. The highest BCUT2D eigenvalue weighted by molar-refractivity contribution is 7.89. The molecule has 0 radical (unpaired) electrons. The fourth-order valence-electron chi connectivity index (χ4n) is 2.89. The molecule has 6 nitrogen and oxygen atoms in total. The SMILES string of the molecule is O=C(COc1ccccc1F)Nc1cccc(S(=O)(=O)N2CCCCC2)c1. The first-order valence-electron chi connectivity index (χ1n) is 8.74. The van der Waals surface area contributed by atoms with Crippen LogP contribution in [0.25, 0.3) is 0 Å². The molecular weight excluding hydrogens is 371 g/mol. The molecule has 0 aromatic heterocycles. The molecule has 1 heterocycles. The Hall–Kier alpha value is -2.45. The maximum atomic E-state index is 13.5. The molecule has 0 atom stereocenters. The van der Waals surface area contributed by atoms with E-state index in [4.69, 9.17) is 4.74 Å². The quantitative estimate of drug-likeness (QED) is 0.820. The van der Waals surface area contributed by atoms with Crippen LogP contribution in [0.1, 0.15) is 19.3 Å². The normalized spacial score (nSPS) is 15.3. The zero-order valence-electron chi connectivity index (χ0n) is 14.7. The van der Waals surface area contributed by atoms with Crippen LogP contribution < -0.4 is 10.1 Å². The second-order valence-electron chi connectivity index (χ2n) is 6.26. The lowest BCUT2D eigenvalue weighted by atomic mass is 10.2. The lowest BCUT2D eigenvalue weighted by Crippen LogP contribution is -2.35. The summed E-state index contributed by atoms with van der Waals surface area (Å²) in [6.45, 7) is 0.634. The van der Waals surface area contributed by atoms with Gasteiger partial charge in [-0.3, -0.25) is 4.79 Å². The number of rotatable bonds is 6. The smallest absolute Gasteiger partial charge is 0.262 e. The number of carbonyl (C=O) groups is 1. The van der Waals surface area contributed by atoms with Crippen LogP contribution in [0.4, 0.5) is 10.1 Å². The average molecular weight is 392 g/mol. The molecule has 1 aliphatic heterocycles. The van der Waals surface area contributed by atoms with E-state index in [-0.39, 0.29) is 17.3 Å². The van der Waals surface area contributed by atoms with Gasteiger partial charge in [0.25, 0.3) is 5.91 Å². The van der Waals surface area contributed by atoms with Crippen LogP contribution in [0.5, 0.6) is 5.75 Å². The summed E-state index contributed by atoms with van der Waals surface area (Å²) in [5, 5.41) is 2.58. The van der Waals surface area contributed by atoms with Crippen molar-refractivity contribution in [3.8, 4) is 5.75 Å². The van der Waals surface area contributed by atoms with Gasteiger partial charge in [0.2, 0.25) is 10.0 Å². The minimum Gasteiger partial charge on any atom is -0.481 e. The number of amides is 1. The van der Waals surface area contributed by atoms with Gasteiger partial charge in [-0.2, -0.15) is 4.31 Å². The van der Waals surface area contributed by atoms with Crippen LogP contribution in [0.2, 0.25) is 0 Å². The zero-order chi connectivity index (χ0) is 19.3. The van der Waals surface area contributed by atoms with Gasteiger partial charge in [0.15, 0.2) is 18.2 Å². The van der Waals surface area contributed by atoms with E-state index < -0.39 is 21.7 Å². The van der Waals surface area contributed by atoms with Crippen molar-refractivity contribution in [1.29, 1.82) is 0 Å². The third kappa shape index (κ3) is 4.84. The maximum absolute atomic E-state index is 13.5. The lowest BCUT2D eigenvalue weighted by molar-refractivity contribution is -0.118. The van der Waals surface area contributed by atoms with Crippen molar-refractivity contribution in [3.63, 3.8) is 0 Å². The van der Waals surface area contributed by atoms with Gasteiger partial charge in [-0.05, 0) is 43.2 Å². The van der Waals surface area contributed by atoms with Crippen LogP contribution in [-0.2, 0) is 14.8 Å². The van der Waals surface area contributed by atoms with Gasteiger partial charge in [0, 0.05) is 18.8 Å². The Balaban J connectivity index is 1.65. The summed E-state index contributed by atoms with van der Waals surface area (Å²) in [5.74, 6) is -1.08. The third-order valence-electron chi connectivity index (χ3n) is 4.27. The molecule has 2 aromatic rings. The number of sulfonamides is 1. The Bertz CT molecular complexity index is 911. The van der Waals surface area contributed by atoms with Gasteiger partial charge in [0.05, 0.1) is 4.90 Å². The molecule has 0 saturated carbocycles. The maximum Gasteiger partial charge on any atom is 0.262 e. The van der Waals surface area contributed by atoms with E-state index in [1.165, 1.54) is 34.6 Å². The first kappa shape index (κ1) is 19.3. The van der Waals surface area contributed by atoms with Crippen LogP contribution >= 0.6 is 0 Å². The van der Waals surface area contributed by atoms with Crippen molar-refractivity contribution in [2.24, 2.45) is 0 Å². The molecule has 2 aromatic carbocycles. The summed E-state index contributed by atoms with van der Waals surface area (Å²) in [4.78, 5) is 12.2. The van der Waals surface area contributed by atoms with Crippen molar-refractivity contribution < 1.29 is 22.3 Å². The first-order valence-corrected chi connectivity index (χ1v) is 10.2. The van der Waals surface area contributed by atoms with Crippen molar-refractivity contribution >= 4 is 21.6 Å². The average Bonchev–Trinajstić information content (AvgIpc) is 2.68. The Morgan fingerprint density at radius 2 is 1.81 bits per heavy atom. The van der Waals surface area contributed by atoms with Gasteiger partial charge in [-0.25, -0.2) is 12.8 Å². The Labute approximate surface area is 158 Å². The number of nitrogens with zero attached hydrogens (tertiary/aromatic N) is 1. The van der Waals surface area contributed by atoms with Gasteiger partial charge in [0.1, 0.15) is 0 Å². The summed E-state index contributed by atoms with van der Waals surface area (Å²) < 4.78 is 45.6. The van der Waals surface area contributed by atoms with Gasteiger partial charge in [-0.15, -0.1) is 0 Å². The molecule has 0 aliphatic carbocycles. The number of hydrogen-bond donors (Lipinski definition) is 1. The van der Waals surface area contributed by atoms with E-state index in [0.29, 0.717) is 18.8 Å². The second kappa shape index (κ2) is 8.49. The number of anilines is 1. The molecular formula is C19H21FN2O4S. The molecule has 144 valence electrons. The lowest BCUT2D eigenvalue weighted by Gasteiger charge is -2.26. The van der Waals surface area contributed by atoms with Crippen LogP contribution in [0.3, 0.4) is 0 Å². The fourth-order valence-corrected chi connectivity index (χ4v) is 4.45. The highest BCUT2D eigenvalue weighted by Crippen LogP contribution is 2.23. The number of benzene rings is 2. The number of halogens is 1. The number of nitrogens with one attached hydrogen (secondary N) is 1. The van der Waals surface area contributed by atoms with Crippen molar-refractivity contribution in [2.45, 2.75) is 24.2 Å². The van der Waals surface area contributed by atoms with Crippen molar-refractivity contribution in [1.82, 2.24) is 4.31 Å². The molecule has 1 N–H and O–H groups in total. The molecule has 0 spiro atoms. The molecule has 1 aliphatic rings. The minimum absolute atomic E-state index is 0.0194. The van der Waals surface area contributed by atoms with E-state index >= 15 is 0 Å². The molecule has 27 heavy (non-hydrogen) atoms. The predicted molar refractivity (Wildman–Crippen MR) is 99.6 cm³/mol. The van der Waals surface area contributed by atoms with Gasteiger partial charge < -0.3 is 10.1 Å². The monoisotopic (exact) mass is 392 g/mol. The van der Waals surface area contributed by atoms with E-state index in [2.05, 4.69) is 5.32 Å². The van der Waals surface area contributed by atoms with Gasteiger partial charge >= 0.3 is 0 Å². The van der Waals surface area contributed by atoms with Crippen LogP contribution in [0.15, 0.2) is 53.4 Å². The molecule has 1 fully saturated rings. The molecule has 0 unspecified atom stereocenters. The molecule has 1 amide bonds. The van der Waals surface area contributed by atoms with Gasteiger partial charge in [-0.1, -0.05) is 24.6 Å². The van der Waals surface area contributed by atoms with E-state index in [9.17, 15) is 17.6 Å².